The van der Waals surface area contributed by atoms with Crippen LogP contribution in [0.5, 0.6) is 5.75 Å². The van der Waals surface area contributed by atoms with Gasteiger partial charge in [0.25, 0.3) is 0 Å². The first kappa shape index (κ1) is 13.9. The van der Waals surface area contributed by atoms with E-state index in [1.165, 1.54) is 24.8 Å². The molecule has 3 heteroatoms. The third-order valence-corrected chi connectivity index (χ3v) is 3.90. The number of methoxy groups -OCH3 is 1. The van der Waals surface area contributed by atoms with E-state index in [1.807, 2.05) is 12.1 Å². The first-order valence-electron chi connectivity index (χ1n) is 7.02. The minimum atomic E-state index is 0.628. The highest BCUT2D eigenvalue weighted by atomic mass is 16.5. The Bertz CT molecular complexity index is 464. The molecular weight excluding hydrogens is 236 g/mol. The van der Waals surface area contributed by atoms with Crippen LogP contribution >= 0.6 is 0 Å². The smallest absolute Gasteiger partial charge is 0.136 e. The van der Waals surface area contributed by atoms with Crippen LogP contribution in [0, 0.1) is 17.2 Å². The summed E-state index contributed by atoms with van der Waals surface area (Å²) in [6, 6.07) is 8.11. The van der Waals surface area contributed by atoms with E-state index in [9.17, 15) is 0 Å². The van der Waals surface area contributed by atoms with Gasteiger partial charge in [-0.2, -0.15) is 5.26 Å². The number of hydrogen-bond acceptors (Lipinski definition) is 3. The Kier molecular flexibility index (Phi) is 4.81. The predicted octanol–water partition coefficient (Wildman–Crippen LogP) is 3.19. The molecule has 0 N–H and O–H groups in total. The summed E-state index contributed by atoms with van der Waals surface area (Å²) in [5.74, 6) is 1.51. The van der Waals surface area contributed by atoms with Gasteiger partial charge in [0, 0.05) is 6.54 Å². The quantitative estimate of drug-likeness (QED) is 0.835. The minimum absolute atomic E-state index is 0.628. The Morgan fingerprint density at radius 1 is 1.37 bits per heavy atom. The van der Waals surface area contributed by atoms with Gasteiger partial charge in [0.05, 0.1) is 12.7 Å². The number of hydrogen-bond donors (Lipinski definition) is 0. The summed E-state index contributed by atoms with van der Waals surface area (Å²) in [5.41, 5.74) is 1.83. The van der Waals surface area contributed by atoms with Crippen LogP contribution in [0.3, 0.4) is 0 Å². The van der Waals surface area contributed by atoms with Gasteiger partial charge in [-0.3, -0.25) is 4.90 Å². The first-order valence-corrected chi connectivity index (χ1v) is 7.02. The molecule has 0 radical (unpaired) electrons. The molecule has 1 aromatic carbocycles. The second-order valence-electron chi connectivity index (χ2n) is 5.46. The van der Waals surface area contributed by atoms with Gasteiger partial charge in [0.1, 0.15) is 11.8 Å². The predicted molar refractivity (Wildman–Crippen MR) is 76.0 cm³/mol. The molecule has 0 saturated carbocycles. The van der Waals surface area contributed by atoms with Crippen molar-refractivity contribution in [2.24, 2.45) is 5.92 Å². The molecule has 1 fully saturated rings. The van der Waals surface area contributed by atoms with E-state index in [-0.39, 0.29) is 0 Å². The highest BCUT2D eigenvalue weighted by Gasteiger charge is 2.14. The van der Waals surface area contributed by atoms with Crippen LogP contribution in [-0.4, -0.2) is 25.1 Å². The lowest BCUT2D eigenvalue weighted by atomic mass is 10.0. The molecule has 102 valence electrons. The lowest BCUT2D eigenvalue weighted by molar-refractivity contribution is 0.273. The summed E-state index contributed by atoms with van der Waals surface area (Å²) in [5, 5.41) is 9.12. The van der Waals surface area contributed by atoms with Gasteiger partial charge in [-0.05, 0) is 56.0 Å². The molecule has 1 aromatic rings. The zero-order valence-corrected chi connectivity index (χ0v) is 11.9. The van der Waals surface area contributed by atoms with Crippen LogP contribution in [0.2, 0.25) is 0 Å². The second kappa shape index (κ2) is 6.58. The third kappa shape index (κ3) is 3.71. The van der Waals surface area contributed by atoms with Crippen molar-refractivity contribution in [3.63, 3.8) is 0 Å². The van der Waals surface area contributed by atoms with E-state index in [4.69, 9.17) is 10.00 Å². The van der Waals surface area contributed by atoms with Crippen LogP contribution in [0.1, 0.15) is 37.3 Å². The lowest BCUT2D eigenvalue weighted by Gasteiger charge is -2.20. The number of likely N-dealkylation sites (tertiary alicyclic amines) is 1. The van der Waals surface area contributed by atoms with Crippen LogP contribution in [-0.2, 0) is 6.54 Å². The Hall–Kier alpha value is -1.53. The molecule has 1 aliphatic rings. The van der Waals surface area contributed by atoms with E-state index >= 15 is 0 Å². The number of nitrogens with zero attached hydrogens (tertiary/aromatic N) is 2. The van der Waals surface area contributed by atoms with Gasteiger partial charge in [-0.25, -0.2) is 0 Å². The molecule has 3 nitrogen and oxygen atoms in total. The fourth-order valence-corrected chi connectivity index (χ4v) is 2.68. The van der Waals surface area contributed by atoms with Gasteiger partial charge in [-0.1, -0.05) is 13.0 Å². The highest BCUT2D eigenvalue weighted by molar-refractivity contribution is 5.45. The highest BCUT2D eigenvalue weighted by Crippen LogP contribution is 2.22. The van der Waals surface area contributed by atoms with Crippen molar-refractivity contribution in [2.75, 3.05) is 20.2 Å². The molecule has 1 saturated heterocycles. The van der Waals surface area contributed by atoms with Gasteiger partial charge in [0.2, 0.25) is 0 Å². The molecule has 19 heavy (non-hydrogen) atoms. The van der Waals surface area contributed by atoms with E-state index < -0.39 is 0 Å². The van der Waals surface area contributed by atoms with Crippen LogP contribution in [0.25, 0.3) is 0 Å². The zero-order valence-electron chi connectivity index (χ0n) is 11.9. The lowest BCUT2D eigenvalue weighted by Crippen LogP contribution is -2.24. The Morgan fingerprint density at radius 2 is 2.21 bits per heavy atom. The fourth-order valence-electron chi connectivity index (χ4n) is 2.68. The number of nitriles is 1. The summed E-state index contributed by atoms with van der Waals surface area (Å²) in [6.45, 7) is 5.60. The third-order valence-electron chi connectivity index (χ3n) is 3.90. The summed E-state index contributed by atoms with van der Waals surface area (Å²) in [7, 11) is 1.60. The Balaban J connectivity index is 2.04. The van der Waals surface area contributed by atoms with Crippen molar-refractivity contribution >= 4 is 0 Å². The molecule has 1 aliphatic heterocycles. The summed E-state index contributed by atoms with van der Waals surface area (Å²) >= 11 is 0. The van der Waals surface area contributed by atoms with Crippen molar-refractivity contribution in [2.45, 2.75) is 32.7 Å². The molecular formula is C16H22N2O. The van der Waals surface area contributed by atoms with E-state index in [0.29, 0.717) is 11.3 Å². The average molecular weight is 258 g/mol. The molecule has 0 amide bonds. The number of rotatable bonds is 3. The SMILES string of the molecule is COc1ccc(CN2CCCC(C)CC2)cc1C#N. The fraction of sp³-hybridized carbons (Fsp3) is 0.562. The average Bonchev–Trinajstić information content (AvgIpc) is 2.63. The maximum atomic E-state index is 9.12. The minimum Gasteiger partial charge on any atom is -0.495 e. The molecule has 0 aromatic heterocycles. The van der Waals surface area contributed by atoms with Gasteiger partial charge < -0.3 is 4.74 Å². The topological polar surface area (TPSA) is 36.3 Å². The molecule has 1 unspecified atom stereocenters. The van der Waals surface area contributed by atoms with Crippen molar-refractivity contribution < 1.29 is 4.74 Å². The largest absolute Gasteiger partial charge is 0.495 e. The Labute approximate surface area is 115 Å². The van der Waals surface area contributed by atoms with Crippen LogP contribution < -0.4 is 4.74 Å². The number of benzene rings is 1. The maximum absolute atomic E-state index is 9.12. The Morgan fingerprint density at radius 3 is 2.95 bits per heavy atom. The van der Waals surface area contributed by atoms with Crippen LogP contribution in [0.15, 0.2) is 18.2 Å². The summed E-state index contributed by atoms with van der Waals surface area (Å²) < 4.78 is 5.18. The van der Waals surface area contributed by atoms with E-state index in [0.717, 1.165) is 25.6 Å². The molecule has 2 rings (SSSR count). The molecule has 0 bridgehead atoms. The molecule has 0 aliphatic carbocycles. The van der Waals surface area contributed by atoms with Crippen molar-refractivity contribution in [1.82, 2.24) is 4.90 Å². The zero-order chi connectivity index (χ0) is 13.7. The van der Waals surface area contributed by atoms with Crippen molar-refractivity contribution in [3.8, 4) is 11.8 Å². The summed E-state index contributed by atoms with van der Waals surface area (Å²) in [4.78, 5) is 2.49. The standard InChI is InChI=1S/C16H22N2O/c1-13-4-3-8-18(9-7-13)12-14-5-6-16(19-2)15(10-14)11-17/h5-6,10,13H,3-4,7-9,12H2,1-2H3. The first-order chi connectivity index (χ1) is 9.22. The van der Waals surface area contributed by atoms with Crippen molar-refractivity contribution in [3.05, 3.63) is 29.3 Å². The van der Waals surface area contributed by atoms with Gasteiger partial charge in [0.15, 0.2) is 0 Å². The van der Waals surface area contributed by atoms with Crippen LogP contribution in [0.4, 0.5) is 0 Å². The van der Waals surface area contributed by atoms with Gasteiger partial charge in [-0.15, -0.1) is 0 Å². The maximum Gasteiger partial charge on any atom is 0.136 e. The second-order valence-corrected chi connectivity index (χ2v) is 5.46. The molecule has 1 atom stereocenters. The monoisotopic (exact) mass is 258 g/mol. The number of ether oxygens (including phenoxy) is 1. The normalized spacial score (nSPS) is 20.6. The summed E-state index contributed by atoms with van der Waals surface area (Å²) in [6.07, 6.45) is 3.90. The van der Waals surface area contributed by atoms with Gasteiger partial charge >= 0.3 is 0 Å². The molecule has 0 spiro atoms. The van der Waals surface area contributed by atoms with E-state index in [1.54, 1.807) is 7.11 Å². The van der Waals surface area contributed by atoms with Crippen molar-refractivity contribution in [1.29, 1.82) is 5.26 Å². The van der Waals surface area contributed by atoms with E-state index in [2.05, 4.69) is 24.0 Å². The molecule has 1 heterocycles.